The van der Waals surface area contributed by atoms with Crippen LogP contribution in [0.1, 0.15) is 40.0 Å². The quantitative estimate of drug-likeness (QED) is 0.481. The fourth-order valence-corrected chi connectivity index (χ4v) is 1.15. The molecule has 0 aromatic rings. The molecule has 0 aromatic carbocycles. The Hall–Kier alpha value is 0.220. The first-order valence-corrected chi connectivity index (χ1v) is 5.50. The molecule has 0 aliphatic rings. The largest absolute Gasteiger partial charge is 0.0925 e. The van der Waals surface area contributed by atoms with Gasteiger partial charge in [0.2, 0.25) is 0 Å². The average Bonchev–Trinajstić information content (AvgIpc) is 1.97. The fourth-order valence-electron chi connectivity index (χ4n) is 0.919. The minimum absolute atomic E-state index is 0.835. The van der Waals surface area contributed by atoms with E-state index in [0.29, 0.717) is 0 Å². The zero-order chi connectivity index (χ0) is 8.69. The van der Waals surface area contributed by atoms with Gasteiger partial charge in [0.25, 0.3) is 0 Å². The zero-order valence-electron chi connectivity index (χ0n) is 7.86. The summed E-state index contributed by atoms with van der Waals surface area (Å²) in [4.78, 5) is 0. The van der Waals surface area contributed by atoms with Crippen molar-refractivity contribution in [3.8, 4) is 0 Å². The summed E-state index contributed by atoms with van der Waals surface area (Å²) in [5.41, 5.74) is 1.54. The van der Waals surface area contributed by atoms with Crippen LogP contribution in [0.2, 0.25) is 0 Å². The predicted octanol–water partition coefficient (Wildman–Crippen LogP) is 4.15. The molecule has 0 aliphatic heterocycles. The van der Waals surface area contributed by atoms with Crippen LogP contribution >= 0.6 is 15.9 Å². The van der Waals surface area contributed by atoms with Crippen molar-refractivity contribution in [2.75, 3.05) is 5.33 Å². The Bertz CT molecular complexity index is 114. The Morgan fingerprint density at radius 2 is 2.09 bits per heavy atom. The van der Waals surface area contributed by atoms with Crippen molar-refractivity contribution < 1.29 is 0 Å². The van der Waals surface area contributed by atoms with Crippen molar-refractivity contribution in [2.24, 2.45) is 5.92 Å². The van der Waals surface area contributed by atoms with Crippen molar-refractivity contribution in [1.82, 2.24) is 0 Å². The van der Waals surface area contributed by atoms with Gasteiger partial charge in [0.1, 0.15) is 0 Å². The van der Waals surface area contributed by atoms with Gasteiger partial charge in [-0.1, -0.05) is 41.4 Å². The van der Waals surface area contributed by atoms with Gasteiger partial charge in [0, 0.05) is 5.33 Å². The van der Waals surface area contributed by atoms with E-state index in [1.807, 2.05) is 0 Å². The molecular formula is C10H19Br. The van der Waals surface area contributed by atoms with E-state index >= 15 is 0 Å². The monoisotopic (exact) mass is 218 g/mol. The highest BCUT2D eigenvalue weighted by Crippen LogP contribution is 2.11. The highest BCUT2D eigenvalue weighted by molar-refractivity contribution is 9.09. The van der Waals surface area contributed by atoms with E-state index in [4.69, 9.17) is 0 Å². The molecule has 0 aliphatic carbocycles. The molecule has 0 heterocycles. The smallest absolute Gasteiger partial charge is 0.00660 e. The Morgan fingerprint density at radius 3 is 2.55 bits per heavy atom. The molecule has 0 unspecified atom stereocenters. The van der Waals surface area contributed by atoms with Crippen molar-refractivity contribution >= 4 is 15.9 Å². The summed E-state index contributed by atoms with van der Waals surface area (Å²) in [5, 5.41) is 1.09. The van der Waals surface area contributed by atoms with Crippen LogP contribution in [-0.4, -0.2) is 5.33 Å². The second-order valence-corrected chi connectivity index (χ2v) is 4.25. The maximum Gasteiger partial charge on any atom is 0.00660 e. The van der Waals surface area contributed by atoms with Crippen molar-refractivity contribution in [2.45, 2.75) is 40.0 Å². The third-order valence-electron chi connectivity index (χ3n) is 1.72. The fraction of sp³-hybridized carbons (Fsp3) is 0.800. The van der Waals surface area contributed by atoms with Gasteiger partial charge in [-0.25, -0.2) is 0 Å². The SMILES string of the molecule is CC(=CCCBr)CCC(C)C. The molecule has 0 nitrogen and oxygen atoms in total. The van der Waals surface area contributed by atoms with Crippen LogP contribution in [-0.2, 0) is 0 Å². The van der Waals surface area contributed by atoms with Crippen LogP contribution in [0, 0.1) is 5.92 Å². The summed E-state index contributed by atoms with van der Waals surface area (Å²) in [6, 6.07) is 0. The first-order valence-electron chi connectivity index (χ1n) is 4.38. The van der Waals surface area contributed by atoms with Gasteiger partial charge in [-0.2, -0.15) is 0 Å². The van der Waals surface area contributed by atoms with Gasteiger partial charge >= 0.3 is 0 Å². The number of alkyl halides is 1. The highest BCUT2D eigenvalue weighted by Gasteiger charge is 1.94. The van der Waals surface area contributed by atoms with Crippen LogP contribution < -0.4 is 0 Å². The molecule has 1 heteroatoms. The Kier molecular flexibility index (Phi) is 7.04. The molecule has 11 heavy (non-hydrogen) atoms. The lowest BCUT2D eigenvalue weighted by Gasteiger charge is -2.03. The first-order chi connectivity index (χ1) is 5.16. The predicted molar refractivity (Wildman–Crippen MR) is 56.2 cm³/mol. The van der Waals surface area contributed by atoms with E-state index < -0.39 is 0 Å². The summed E-state index contributed by atoms with van der Waals surface area (Å²) in [7, 11) is 0. The highest BCUT2D eigenvalue weighted by atomic mass is 79.9. The number of hydrogen-bond donors (Lipinski definition) is 0. The van der Waals surface area contributed by atoms with Crippen LogP contribution in [0.25, 0.3) is 0 Å². The van der Waals surface area contributed by atoms with Crippen molar-refractivity contribution in [3.05, 3.63) is 11.6 Å². The number of hydrogen-bond acceptors (Lipinski definition) is 0. The standard InChI is InChI=1S/C10H19Br/c1-9(2)6-7-10(3)5-4-8-11/h5,9H,4,6-8H2,1-3H3. The molecule has 0 N–H and O–H groups in total. The van der Waals surface area contributed by atoms with E-state index in [2.05, 4.69) is 42.8 Å². The summed E-state index contributed by atoms with van der Waals surface area (Å²) >= 11 is 3.41. The zero-order valence-corrected chi connectivity index (χ0v) is 9.45. The van der Waals surface area contributed by atoms with Gasteiger partial charge in [0.05, 0.1) is 0 Å². The molecule has 0 fully saturated rings. The lowest BCUT2D eigenvalue weighted by atomic mass is 10.0. The molecular weight excluding hydrogens is 200 g/mol. The lowest BCUT2D eigenvalue weighted by molar-refractivity contribution is 0.584. The van der Waals surface area contributed by atoms with E-state index in [1.54, 1.807) is 0 Å². The topological polar surface area (TPSA) is 0 Å². The van der Waals surface area contributed by atoms with Crippen molar-refractivity contribution in [1.29, 1.82) is 0 Å². The van der Waals surface area contributed by atoms with E-state index in [1.165, 1.54) is 24.8 Å². The lowest BCUT2D eigenvalue weighted by Crippen LogP contribution is -1.87. The minimum atomic E-state index is 0.835. The van der Waals surface area contributed by atoms with Gasteiger partial charge in [0.15, 0.2) is 0 Å². The summed E-state index contributed by atoms with van der Waals surface area (Å²) < 4.78 is 0. The average molecular weight is 219 g/mol. The minimum Gasteiger partial charge on any atom is -0.0925 e. The van der Waals surface area contributed by atoms with Gasteiger partial charge in [-0.05, 0) is 32.1 Å². The number of halogens is 1. The normalized spacial score (nSPS) is 12.6. The first kappa shape index (κ1) is 11.2. The molecule has 0 bridgehead atoms. The van der Waals surface area contributed by atoms with Gasteiger partial charge < -0.3 is 0 Å². The molecule has 0 saturated heterocycles. The van der Waals surface area contributed by atoms with Crippen molar-refractivity contribution in [3.63, 3.8) is 0 Å². The van der Waals surface area contributed by atoms with Crippen LogP contribution in [0.15, 0.2) is 11.6 Å². The summed E-state index contributed by atoms with van der Waals surface area (Å²) in [6.07, 6.45) is 6.09. The second-order valence-electron chi connectivity index (χ2n) is 3.46. The Labute approximate surface area is 79.2 Å². The molecule has 0 rings (SSSR count). The molecule has 0 saturated carbocycles. The second kappa shape index (κ2) is 6.90. The summed E-state index contributed by atoms with van der Waals surface area (Å²) in [5.74, 6) is 0.835. The number of allylic oxidation sites excluding steroid dienone is 2. The van der Waals surface area contributed by atoms with E-state index in [9.17, 15) is 0 Å². The molecule has 0 radical (unpaired) electrons. The molecule has 0 spiro atoms. The van der Waals surface area contributed by atoms with Gasteiger partial charge in [-0.15, -0.1) is 0 Å². The maximum atomic E-state index is 3.41. The molecule has 0 aromatic heterocycles. The van der Waals surface area contributed by atoms with E-state index in [-0.39, 0.29) is 0 Å². The van der Waals surface area contributed by atoms with Crippen LogP contribution in [0.5, 0.6) is 0 Å². The molecule has 0 atom stereocenters. The summed E-state index contributed by atoms with van der Waals surface area (Å²) in [6.45, 7) is 6.78. The Morgan fingerprint density at radius 1 is 1.45 bits per heavy atom. The van der Waals surface area contributed by atoms with Crippen LogP contribution in [0.4, 0.5) is 0 Å². The van der Waals surface area contributed by atoms with Gasteiger partial charge in [-0.3, -0.25) is 0 Å². The van der Waals surface area contributed by atoms with E-state index in [0.717, 1.165) is 11.2 Å². The van der Waals surface area contributed by atoms with Crippen LogP contribution in [0.3, 0.4) is 0 Å². The third kappa shape index (κ3) is 8.12. The number of rotatable bonds is 5. The third-order valence-corrected chi connectivity index (χ3v) is 2.18. The Balaban J connectivity index is 3.42. The maximum absolute atomic E-state index is 3.41. The molecule has 66 valence electrons. The molecule has 0 amide bonds.